The van der Waals surface area contributed by atoms with Crippen LogP contribution >= 0.6 is 0 Å². The number of hydrogen-bond acceptors (Lipinski definition) is 6. The molecule has 5 heterocycles. The molecule has 0 spiro atoms. The summed E-state index contributed by atoms with van der Waals surface area (Å²) in [6.07, 6.45) is 11.9. The molecule has 0 saturated carbocycles. The van der Waals surface area contributed by atoms with Crippen LogP contribution in [0.5, 0.6) is 0 Å². The van der Waals surface area contributed by atoms with Crippen LogP contribution in [-0.2, 0) is 37.0 Å². The van der Waals surface area contributed by atoms with Crippen molar-refractivity contribution in [1.29, 1.82) is 0 Å². The van der Waals surface area contributed by atoms with Gasteiger partial charge in [0.25, 0.3) is 0 Å². The average Bonchev–Trinajstić information content (AvgIpc) is 3.67. The Morgan fingerprint density at radius 2 is 1.71 bits per heavy atom. The van der Waals surface area contributed by atoms with Crippen LogP contribution < -0.4 is 0 Å². The highest BCUT2D eigenvalue weighted by Gasteiger charge is 2.22. The van der Waals surface area contributed by atoms with E-state index in [1.54, 1.807) is 0 Å². The summed E-state index contributed by atoms with van der Waals surface area (Å²) in [5.74, 6) is 1.04. The van der Waals surface area contributed by atoms with E-state index in [4.69, 9.17) is 9.72 Å². The van der Waals surface area contributed by atoms with E-state index in [-0.39, 0.29) is 0 Å². The third-order valence-corrected chi connectivity index (χ3v) is 8.01. The number of aryl methyl sites for hydroxylation is 2. The number of aromatic amines is 1. The first kappa shape index (κ1) is 25.2. The number of fused-ring (bicyclic) bond motifs is 1. The Balaban J connectivity index is 1.43. The van der Waals surface area contributed by atoms with Crippen LogP contribution in [0.3, 0.4) is 0 Å². The van der Waals surface area contributed by atoms with Crippen molar-refractivity contribution in [3.05, 3.63) is 88.9 Å². The molecule has 0 atom stereocenters. The fourth-order valence-electron chi connectivity index (χ4n) is 6.01. The zero-order chi connectivity index (χ0) is 25.6. The lowest BCUT2D eigenvalue weighted by Gasteiger charge is -2.28. The zero-order valence-electron chi connectivity index (χ0n) is 22.2. The third-order valence-electron chi connectivity index (χ3n) is 8.01. The van der Waals surface area contributed by atoms with Crippen molar-refractivity contribution in [2.45, 2.75) is 45.1 Å². The van der Waals surface area contributed by atoms with Crippen molar-refractivity contribution < 1.29 is 4.74 Å². The van der Waals surface area contributed by atoms with Crippen molar-refractivity contribution in [3.63, 3.8) is 0 Å². The lowest BCUT2D eigenvalue weighted by molar-refractivity contribution is 0.0383. The van der Waals surface area contributed by atoms with Crippen molar-refractivity contribution in [1.82, 2.24) is 29.7 Å². The number of likely N-dealkylation sites (tertiary alicyclic amines) is 1. The largest absolute Gasteiger partial charge is 0.379 e. The number of imidazole rings is 1. The number of hydrogen-bond donors (Lipinski definition) is 1. The molecule has 7 nitrogen and oxygen atoms in total. The van der Waals surface area contributed by atoms with Gasteiger partial charge >= 0.3 is 0 Å². The number of aromatic nitrogens is 4. The summed E-state index contributed by atoms with van der Waals surface area (Å²) in [7, 11) is 0. The van der Waals surface area contributed by atoms with E-state index < -0.39 is 0 Å². The van der Waals surface area contributed by atoms with Crippen molar-refractivity contribution in [2.24, 2.45) is 0 Å². The Morgan fingerprint density at radius 1 is 0.816 bits per heavy atom. The second kappa shape index (κ2) is 12.2. The van der Waals surface area contributed by atoms with Gasteiger partial charge < -0.3 is 9.72 Å². The number of nitrogens with zero attached hydrogens (tertiary/aromatic N) is 5. The minimum Gasteiger partial charge on any atom is -0.379 e. The number of nitrogens with one attached hydrogen (secondary N) is 1. The summed E-state index contributed by atoms with van der Waals surface area (Å²) < 4.78 is 5.59. The molecular formula is C31H38N6O. The molecule has 0 bridgehead atoms. The van der Waals surface area contributed by atoms with Gasteiger partial charge in [-0.2, -0.15) is 0 Å². The molecule has 2 fully saturated rings. The van der Waals surface area contributed by atoms with E-state index in [9.17, 15) is 0 Å². The van der Waals surface area contributed by atoms with Gasteiger partial charge in [0, 0.05) is 80.8 Å². The maximum Gasteiger partial charge on any atom is 0.106 e. The van der Waals surface area contributed by atoms with Gasteiger partial charge in [0.05, 0.1) is 18.7 Å². The maximum absolute atomic E-state index is 5.59. The summed E-state index contributed by atoms with van der Waals surface area (Å²) in [5.41, 5.74) is 7.66. The average molecular weight is 511 g/mol. The third kappa shape index (κ3) is 5.96. The minimum atomic E-state index is 0.809. The van der Waals surface area contributed by atoms with Crippen LogP contribution in [-0.4, -0.2) is 75.7 Å². The molecule has 0 amide bonds. The van der Waals surface area contributed by atoms with Crippen molar-refractivity contribution in [2.75, 3.05) is 45.9 Å². The van der Waals surface area contributed by atoms with Crippen LogP contribution in [0.2, 0.25) is 0 Å². The van der Waals surface area contributed by atoms with Crippen molar-refractivity contribution in [3.8, 4) is 0 Å². The lowest BCUT2D eigenvalue weighted by Crippen LogP contribution is -2.37. The highest BCUT2D eigenvalue weighted by Crippen LogP contribution is 2.31. The van der Waals surface area contributed by atoms with E-state index in [0.29, 0.717) is 0 Å². The Kier molecular flexibility index (Phi) is 8.05. The van der Waals surface area contributed by atoms with Crippen LogP contribution in [0, 0.1) is 0 Å². The Bertz CT molecular complexity index is 1310. The molecule has 6 rings (SSSR count). The Morgan fingerprint density at radius 3 is 2.50 bits per heavy atom. The van der Waals surface area contributed by atoms with Crippen LogP contribution in [0.1, 0.15) is 46.7 Å². The van der Waals surface area contributed by atoms with Gasteiger partial charge in [-0.3, -0.25) is 19.8 Å². The second-order valence-electron chi connectivity index (χ2n) is 10.5. The molecule has 3 aromatic heterocycles. The normalized spacial score (nSPS) is 16.9. The van der Waals surface area contributed by atoms with E-state index in [1.165, 1.54) is 53.7 Å². The molecular weight excluding hydrogens is 472 g/mol. The lowest BCUT2D eigenvalue weighted by atomic mass is 9.90. The predicted molar refractivity (Wildman–Crippen MR) is 150 cm³/mol. The van der Waals surface area contributed by atoms with Gasteiger partial charge in [-0.15, -0.1) is 0 Å². The molecule has 38 heavy (non-hydrogen) atoms. The molecule has 2 saturated heterocycles. The highest BCUT2D eigenvalue weighted by atomic mass is 16.5. The van der Waals surface area contributed by atoms with E-state index in [0.717, 1.165) is 82.1 Å². The van der Waals surface area contributed by atoms with Gasteiger partial charge in [0.1, 0.15) is 5.82 Å². The molecule has 7 heteroatoms. The molecule has 0 aliphatic carbocycles. The quantitative estimate of drug-likeness (QED) is 0.345. The first-order valence-corrected chi connectivity index (χ1v) is 14.2. The molecule has 1 N–H and O–H groups in total. The Labute approximate surface area is 225 Å². The van der Waals surface area contributed by atoms with Crippen LogP contribution in [0.15, 0.2) is 55.0 Å². The predicted octanol–water partition coefficient (Wildman–Crippen LogP) is 4.20. The number of H-pyrrole nitrogens is 1. The second-order valence-corrected chi connectivity index (χ2v) is 10.5. The van der Waals surface area contributed by atoms with Gasteiger partial charge in [0.15, 0.2) is 0 Å². The fraction of sp³-hybridized carbons (Fsp3) is 0.452. The molecule has 2 aliphatic rings. The SMILES string of the molecule is c1ccc(Cc2cccc3nc(CCN4CCOCC4)c(CN4CCCC4)c(CCc4ncc[nH]4)c23)nc1. The molecule has 1 aromatic carbocycles. The number of benzene rings is 1. The number of ether oxygens (including phenoxy) is 1. The topological polar surface area (TPSA) is 70.2 Å². The van der Waals surface area contributed by atoms with E-state index in [1.807, 2.05) is 24.7 Å². The molecule has 4 aromatic rings. The summed E-state index contributed by atoms with van der Waals surface area (Å²) >= 11 is 0. The number of rotatable bonds is 10. The summed E-state index contributed by atoms with van der Waals surface area (Å²) in [6.45, 7) is 8.03. The maximum atomic E-state index is 5.59. The van der Waals surface area contributed by atoms with Crippen LogP contribution in [0.25, 0.3) is 10.9 Å². The number of pyridine rings is 2. The Hall–Kier alpha value is -3.13. The summed E-state index contributed by atoms with van der Waals surface area (Å²) in [4.78, 5) is 23.0. The minimum absolute atomic E-state index is 0.809. The first-order valence-electron chi connectivity index (χ1n) is 14.2. The van der Waals surface area contributed by atoms with Crippen LogP contribution in [0.4, 0.5) is 0 Å². The summed E-state index contributed by atoms with van der Waals surface area (Å²) in [5, 5.41) is 1.31. The van der Waals surface area contributed by atoms with Gasteiger partial charge in [-0.25, -0.2) is 4.98 Å². The highest BCUT2D eigenvalue weighted by molar-refractivity contribution is 5.87. The van der Waals surface area contributed by atoms with Gasteiger partial charge in [-0.05, 0) is 67.2 Å². The standard InChI is InChI=1S/C31H38N6O/c1-2-12-32-25(7-1)22-24-6-5-8-29-31(24)26(9-10-30-33-13-14-34-30)27(23-37-15-3-4-16-37)28(35-29)11-17-36-18-20-38-21-19-36/h1-2,5-8,12-14H,3-4,9-11,15-23H2,(H,33,34). The molecule has 2 aliphatic heterocycles. The molecule has 198 valence electrons. The first-order chi connectivity index (χ1) is 18.8. The van der Waals surface area contributed by atoms with Gasteiger partial charge in [-0.1, -0.05) is 18.2 Å². The monoisotopic (exact) mass is 510 g/mol. The smallest absolute Gasteiger partial charge is 0.106 e. The van der Waals surface area contributed by atoms with E-state index >= 15 is 0 Å². The van der Waals surface area contributed by atoms with E-state index in [2.05, 4.69) is 55.1 Å². The summed E-state index contributed by atoms with van der Waals surface area (Å²) in [6, 6.07) is 12.8. The zero-order valence-corrected chi connectivity index (χ0v) is 22.2. The molecule has 0 radical (unpaired) electrons. The van der Waals surface area contributed by atoms with Gasteiger partial charge in [0.2, 0.25) is 0 Å². The fourth-order valence-corrected chi connectivity index (χ4v) is 6.01. The number of morpholine rings is 1. The van der Waals surface area contributed by atoms with Crippen molar-refractivity contribution >= 4 is 10.9 Å². The molecule has 0 unspecified atom stereocenters.